The van der Waals surface area contributed by atoms with Crippen molar-refractivity contribution < 1.29 is 17.9 Å². The normalized spacial score (nSPS) is 11.3. The lowest BCUT2D eigenvalue weighted by Gasteiger charge is -2.11. The minimum Gasteiger partial charge on any atom is -0.493 e. The summed E-state index contributed by atoms with van der Waals surface area (Å²) in [6.07, 6.45) is 0.484. The van der Waals surface area contributed by atoms with Gasteiger partial charge in [0.1, 0.15) is 4.90 Å². The first-order valence-corrected chi connectivity index (χ1v) is 9.27. The molecule has 0 radical (unpaired) electrons. The highest BCUT2D eigenvalue weighted by Crippen LogP contribution is 2.28. The van der Waals surface area contributed by atoms with Gasteiger partial charge in [0.25, 0.3) is 0 Å². The Morgan fingerprint density at radius 3 is 2.38 bits per heavy atom. The number of hydrogen-bond acceptors (Lipinski definition) is 4. The van der Waals surface area contributed by atoms with E-state index in [0.29, 0.717) is 22.9 Å². The van der Waals surface area contributed by atoms with Gasteiger partial charge in [-0.2, -0.15) is 0 Å². The molecule has 0 aliphatic rings. The van der Waals surface area contributed by atoms with Crippen LogP contribution in [0.5, 0.6) is 11.5 Å². The van der Waals surface area contributed by atoms with Crippen LogP contribution in [0.25, 0.3) is 0 Å². The second kappa shape index (κ2) is 8.07. The third-order valence-corrected chi connectivity index (χ3v) is 5.51. The van der Waals surface area contributed by atoms with E-state index < -0.39 is 10.0 Å². The quantitative estimate of drug-likeness (QED) is 0.786. The van der Waals surface area contributed by atoms with Gasteiger partial charge in [0, 0.05) is 11.6 Å². The molecule has 0 unspecified atom stereocenters. The summed E-state index contributed by atoms with van der Waals surface area (Å²) in [6.45, 7) is 0.209. The summed E-state index contributed by atoms with van der Waals surface area (Å²) in [5, 5.41) is 0.428. The Balaban J connectivity index is 2.07. The van der Waals surface area contributed by atoms with E-state index in [1.165, 1.54) is 18.2 Å². The molecule has 0 aromatic heterocycles. The largest absolute Gasteiger partial charge is 0.493 e. The standard InChI is InChI=1S/C16H17Cl2NO4S/c1-22-14-6-3-11(9-15(14)23-2)7-8-19-24(20,21)16-10-12(17)4-5-13(16)18/h3-6,9-10,19H,7-8H2,1-2H3. The molecule has 24 heavy (non-hydrogen) atoms. The highest BCUT2D eigenvalue weighted by Gasteiger charge is 2.18. The number of halogens is 2. The number of ether oxygens (including phenoxy) is 2. The highest BCUT2D eigenvalue weighted by atomic mass is 35.5. The van der Waals surface area contributed by atoms with E-state index >= 15 is 0 Å². The summed E-state index contributed by atoms with van der Waals surface area (Å²) in [5.41, 5.74) is 0.910. The maximum absolute atomic E-state index is 12.3. The highest BCUT2D eigenvalue weighted by molar-refractivity contribution is 7.89. The molecule has 0 fully saturated rings. The van der Waals surface area contributed by atoms with E-state index in [2.05, 4.69) is 4.72 Å². The minimum absolute atomic E-state index is 0.0380. The molecule has 2 rings (SSSR count). The Morgan fingerprint density at radius 1 is 1.00 bits per heavy atom. The first kappa shape index (κ1) is 18.9. The molecule has 1 N–H and O–H groups in total. The molecule has 8 heteroatoms. The zero-order valence-electron chi connectivity index (χ0n) is 13.2. The Bertz CT molecular complexity index is 825. The molecule has 0 aliphatic heterocycles. The van der Waals surface area contributed by atoms with Gasteiger partial charge in [0.15, 0.2) is 11.5 Å². The van der Waals surface area contributed by atoms with Gasteiger partial charge in [-0.05, 0) is 42.3 Å². The monoisotopic (exact) mass is 389 g/mol. The maximum atomic E-state index is 12.3. The van der Waals surface area contributed by atoms with Crippen molar-refractivity contribution in [2.45, 2.75) is 11.3 Å². The lowest BCUT2D eigenvalue weighted by atomic mass is 10.1. The molecule has 5 nitrogen and oxygen atoms in total. The van der Waals surface area contributed by atoms with Gasteiger partial charge in [-0.3, -0.25) is 0 Å². The Hall–Kier alpha value is -1.47. The van der Waals surface area contributed by atoms with E-state index in [1.54, 1.807) is 26.4 Å². The van der Waals surface area contributed by atoms with Crippen LogP contribution in [0.2, 0.25) is 10.0 Å². The van der Waals surface area contributed by atoms with E-state index in [4.69, 9.17) is 32.7 Å². The van der Waals surface area contributed by atoms with Crippen LogP contribution in [0, 0.1) is 0 Å². The fourth-order valence-corrected chi connectivity index (χ4v) is 3.92. The van der Waals surface area contributed by atoms with Crippen LogP contribution in [-0.4, -0.2) is 29.2 Å². The molecule has 2 aromatic rings. The first-order chi connectivity index (χ1) is 11.4. The topological polar surface area (TPSA) is 64.6 Å². The molecule has 0 aliphatic carbocycles. The fraction of sp³-hybridized carbons (Fsp3) is 0.250. The number of sulfonamides is 1. The lowest BCUT2D eigenvalue weighted by molar-refractivity contribution is 0.354. The number of rotatable bonds is 7. The van der Waals surface area contributed by atoms with Crippen LogP contribution in [0.3, 0.4) is 0 Å². The Labute approximate surface area is 151 Å². The SMILES string of the molecule is COc1ccc(CCNS(=O)(=O)c2cc(Cl)ccc2Cl)cc1OC. The number of methoxy groups -OCH3 is 2. The molecule has 0 atom stereocenters. The zero-order chi connectivity index (χ0) is 17.7. The predicted octanol–water partition coefficient (Wildman–Crippen LogP) is 3.53. The molecular weight excluding hydrogens is 373 g/mol. The Morgan fingerprint density at radius 2 is 1.71 bits per heavy atom. The first-order valence-electron chi connectivity index (χ1n) is 7.03. The lowest BCUT2D eigenvalue weighted by Crippen LogP contribution is -2.26. The van der Waals surface area contributed by atoms with Crippen LogP contribution < -0.4 is 14.2 Å². The number of benzene rings is 2. The van der Waals surface area contributed by atoms with Crippen LogP contribution in [0.15, 0.2) is 41.3 Å². The van der Waals surface area contributed by atoms with Crippen LogP contribution in [0.4, 0.5) is 0 Å². The molecule has 0 heterocycles. The van der Waals surface area contributed by atoms with Gasteiger partial charge in [0.2, 0.25) is 10.0 Å². The van der Waals surface area contributed by atoms with Gasteiger partial charge in [-0.15, -0.1) is 0 Å². The van der Waals surface area contributed by atoms with Gasteiger partial charge < -0.3 is 9.47 Å². The molecule has 0 amide bonds. The minimum atomic E-state index is -3.73. The average molecular weight is 390 g/mol. The summed E-state index contributed by atoms with van der Waals surface area (Å²) in [4.78, 5) is -0.0380. The summed E-state index contributed by atoms with van der Waals surface area (Å²) >= 11 is 11.8. The van der Waals surface area contributed by atoms with Crippen molar-refractivity contribution in [3.63, 3.8) is 0 Å². The van der Waals surface area contributed by atoms with Crippen molar-refractivity contribution in [1.82, 2.24) is 4.72 Å². The summed E-state index contributed by atoms with van der Waals surface area (Å²) in [6, 6.07) is 9.74. The van der Waals surface area contributed by atoms with Crippen molar-refractivity contribution in [1.29, 1.82) is 0 Å². The molecule has 130 valence electrons. The predicted molar refractivity (Wildman–Crippen MR) is 94.9 cm³/mol. The number of hydrogen-bond donors (Lipinski definition) is 1. The van der Waals surface area contributed by atoms with E-state index in [1.807, 2.05) is 6.07 Å². The maximum Gasteiger partial charge on any atom is 0.242 e. The van der Waals surface area contributed by atoms with Gasteiger partial charge in [-0.25, -0.2) is 13.1 Å². The molecule has 0 saturated heterocycles. The van der Waals surface area contributed by atoms with Crippen molar-refractivity contribution in [3.8, 4) is 11.5 Å². The smallest absolute Gasteiger partial charge is 0.242 e. The molecule has 2 aromatic carbocycles. The second-order valence-corrected chi connectivity index (χ2v) is 7.49. The van der Waals surface area contributed by atoms with Gasteiger partial charge >= 0.3 is 0 Å². The van der Waals surface area contributed by atoms with Crippen LogP contribution in [-0.2, 0) is 16.4 Å². The Kier molecular flexibility index (Phi) is 6.34. The number of nitrogens with one attached hydrogen (secondary N) is 1. The molecular formula is C16H17Cl2NO4S. The molecule has 0 saturated carbocycles. The zero-order valence-corrected chi connectivity index (χ0v) is 15.5. The molecule has 0 bridgehead atoms. The molecule has 0 spiro atoms. The van der Waals surface area contributed by atoms with E-state index in [-0.39, 0.29) is 16.5 Å². The van der Waals surface area contributed by atoms with Crippen molar-refractivity contribution >= 4 is 33.2 Å². The van der Waals surface area contributed by atoms with Crippen LogP contribution >= 0.6 is 23.2 Å². The van der Waals surface area contributed by atoms with E-state index in [0.717, 1.165) is 5.56 Å². The van der Waals surface area contributed by atoms with Crippen LogP contribution in [0.1, 0.15) is 5.56 Å². The van der Waals surface area contributed by atoms with E-state index in [9.17, 15) is 8.42 Å². The van der Waals surface area contributed by atoms with Crippen molar-refractivity contribution in [2.75, 3.05) is 20.8 Å². The average Bonchev–Trinajstić information content (AvgIpc) is 2.56. The van der Waals surface area contributed by atoms with Crippen molar-refractivity contribution in [2.24, 2.45) is 0 Å². The third kappa shape index (κ3) is 4.54. The third-order valence-electron chi connectivity index (χ3n) is 3.34. The summed E-state index contributed by atoms with van der Waals surface area (Å²) in [5.74, 6) is 1.21. The van der Waals surface area contributed by atoms with Crippen molar-refractivity contribution in [3.05, 3.63) is 52.0 Å². The summed E-state index contributed by atoms with van der Waals surface area (Å²) in [7, 11) is -0.631. The van der Waals surface area contributed by atoms with Gasteiger partial charge in [0.05, 0.1) is 19.2 Å². The fourth-order valence-electron chi connectivity index (χ4n) is 2.13. The summed E-state index contributed by atoms with van der Waals surface area (Å²) < 4.78 is 37.6. The second-order valence-electron chi connectivity index (χ2n) is 4.91. The van der Waals surface area contributed by atoms with Gasteiger partial charge in [-0.1, -0.05) is 29.3 Å².